The predicted molar refractivity (Wildman–Crippen MR) is 43.8 cm³/mol. The second-order valence-electron chi connectivity index (χ2n) is 2.27. The molecule has 0 spiro atoms. The first-order valence-corrected chi connectivity index (χ1v) is 3.55. The highest BCUT2D eigenvalue weighted by Gasteiger charge is 2.06. The lowest BCUT2D eigenvalue weighted by Crippen LogP contribution is -1.92. The van der Waals surface area contributed by atoms with Crippen LogP contribution in [0.3, 0.4) is 0 Å². The van der Waals surface area contributed by atoms with Gasteiger partial charge in [0.2, 0.25) is 12.3 Å². The molecule has 13 heavy (non-hydrogen) atoms. The van der Waals surface area contributed by atoms with Gasteiger partial charge in [0.25, 0.3) is 0 Å². The molecule has 2 N–H and O–H groups in total. The van der Waals surface area contributed by atoms with Crippen LogP contribution in [0.4, 0.5) is 5.82 Å². The normalized spacial score (nSPS) is 9.85. The summed E-state index contributed by atoms with van der Waals surface area (Å²) in [5, 5.41) is 8.80. The highest BCUT2D eigenvalue weighted by molar-refractivity contribution is 5.69. The number of amides is 1. The molecular weight excluding hydrogens is 172 g/mol. The summed E-state index contributed by atoms with van der Waals surface area (Å²) in [4.78, 5) is 14.0. The molecular formula is C7H6N4O2. The summed E-state index contributed by atoms with van der Waals surface area (Å²) in [5.41, 5.74) is 0.666. The molecule has 66 valence electrons. The average molecular weight is 178 g/mol. The molecule has 2 aromatic heterocycles. The molecule has 6 nitrogen and oxygen atoms in total. The van der Waals surface area contributed by atoms with Crippen molar-refractivity contribution < 1.29 is 9.21 Å². The maximum Gasteiger partial charge on any atom is 0.246 e. The zero-order valence-electron chi connectivity index (χ0n) is 6.52. The summed E-state index contributed by atoms with van der Waals surface area (Å²) < 4.78 is 5.06. The van der Waals surface area contributed by atoms with E-state index in [4.69, 9.17) is 4.42 Å². The molecule has 0 bridgehead atoms. The molecule has 0 aliphatic carbocycles. The van der Waals surface area contributed by atoms with E-state index in [1.807, 2.05) is 0 Å². The van der Waals surface area contributed by atoms with Crippen molar-refractivity contribution in [3.63, 3.8) is 0 Å². The maximum absolute atomic E-state index is 10.1. The lowest BCUT2D eigenvalue weighted by molar-refractivity contribution is -0.105. The lowest BCUT2D eigenvalue weighted by atomic mass is 10.4. The number of H-pyrrole nitrogens is 1. The quantitative estimate of drug-likeness (QED) is 0.675. The number of oxazole rings is 1. The van der Waals surface area contributed by atoms with E-state index < -0.39 is 0 Å². The molecule has 0 unspecified atom stereocenters. The van der Waals surface area contributed by atoms with Gasteiger partial charge in [-0.1, -0.05) is 0 Å². The standard InChI is InChI=1S/C7H6N4O2/c12-4-8-6-3-13-7(10-6)5-1-2-9-11-5/h1-4H,(H,8,12)(H,9,11). The van der Waals surface area contributed by atoms with Crippen molar-refractivity contribution >= 4 is 12.2 Å². The monoisotopic (exact) mass is 178 g/mol. The van der Waals surface area contributed by atoms with E-state index in [0.717, 1.165) is 0 Å². The number of nitrogens with zero attached hydrogens (tertiary/aromatic N) is 2. The van der Waals surface area contributed by atoms with Gasteiger partial charge in [0.15, 0.2) is 5.82 Å². The van der Waals surface area contributed by atoms with E-state index in [1.54, 1.807) is 12.3 Å². The fourth-order valence-corrected chi connectivity index (χ4v) is 0.899. The van der Waals surface area contributed by atoms with Crippen molar-refractivity contribution in [2.75, 3.05) is 5.32 Å². The molecule has 2 rings (SSSR count). The van der Waals surface area contributed by atoms with Gasteiger partial charge in [-0.15, -0.1) is 0 Å². The minimum atomic E-state index is 0.375. The van der Waals surface area contributed by atoms with Gasteiger partial charge >= 0.3 is 0 Å². The van der Waals surface area contributed by atoms with Gasteiger partial charge in [0, 0.05) is 6.20 Å². The van der Waals surface area contributed by atoms with Crippen LogP contribution in [0, 0.1) is 0 Å². The molecule has 0 saturated carbocycles. The van der Waals surface area contributed by atoms with Crippen LogP contribution in [0.1, 0.15) is 0 Å². The topological polar surface area (TPSA) is 83.8 Å². The molecule has 0 aromatic carbocycles. The van der Waals surface area contributed by atoms with Crippen LogP contribution in [0.15, 0.2) is 22.9 Å². The second-order valence-corrected chi connectivity index (χ2v) is 2.27. The molecule has 0 aliphatic heterocycles. The Morgan fingerprint density at radius 2 is 2.54 bits per heavy atom. The van der Waals surface area contributed by atoms with Gasteiger partial charge in [-0.3, -0.25) is 9.89 Å². The first kappa shape index (κ1) is 7.53. The van der Waals surface area contributed by atoms with E-state index in [1.165, 1.54) is 6.26 Å². The fraction of sp³-hybridized carbons (Fsp3) is 0. The van der Waals surface area contributed by atoms with Crippen LogP contribution in [-0.4, -0.2) is 21.6 Å². The summed E-state index contributed by atoms with van der Waals surface area (Å²) in [6.45, 7) is 0. The van der Waals surface area contributed by atoms with Crippen LogP contribution in [0.25, 0.3) is 11.6 Å². The van der Waals surface area contributed by atoms with Gasteiger partial charge in [-0.05, 0) is 6.07 Å². The van der Waals surface area contributed by atoms with Crippen molar-refractivity contribution in [1.29, 1.82) is 0 Å². The number of nitrogens with one attached hydrogen (secondary N) is 2. The zero-order chi connectivity index (χ0) is 9.10. The smallest absolute Gasteiger partial charge is 0.246 e. The van der Waals surface area contributed by atoms with Gasteiger partial charge in [-0.2, -0.15) is 10.1 Å². The number of carbonyl (C=O) groups is 1. The number of aromatic nitrogens is 3. The summed E-state index contributed by atoms with van der Waals surface area (Å²) in [7, 11) is 0. The van der Waals surface area contributed by atoms with Gasteiger partial charge in [0.05, 0.1) is 0 Å². The molecule has 0 atom stereocenters. The van der Waals surface area contributed by atoms with Gasteiger partial charge in [0.1, 0.15) is 12.0 Å². The second kappa shape index (κ2) is 3.10. The van der Waals surface area contributed by atoms with Gasteiger partial charge < -0.3 is 9.73 Å². The Labute approximate surface area is 73.0 Å². The molecule has 0 aliphatic rings. The van der Waals surface area contributed by atoms with E-state index in [0.29, 0.717) is 23.8 Å². The lowest BCUT2D eigenvalue weighted by Gasteiger charge is -1.86. The van der Waals surface area contributed by atoms with Crippen molar-refractivity contribution in [2.45, 2.75) is 0 Å². The molecule has 0 radical (unpaired) electrons. The van der Waals surface area contributed by atoms with E-state index in [2.05, 4.69) is 20.5 Å². The third-order valence-electron chi connectivity index (χ3n) is 1.44. The fourth-order valence-electron chi connectivity index (χ4n) is 0.899. The zero-order valence-corrected chi connectivity index (χ0v) is 6.52. The summed E-state index contributed by atoms with van der Waals surface area (Å²) in [6.07, 6.45) is 3.48. The Kier molecular flexibility index (Phi) is 1.79. The summed E-state index contributed by atoms with van der Waals surface area (Å²) in [6, 6.07) is 1.72. The maximum atomic E-state index is 10.1. The van der Waals surface area contributed by atoms with Crippen LogP contribution >= 0.6 is 0 Å². The average Bonchev–Trinajstić information content (AvgIpc) is 2.70. The highest BCUT2D eigenvalue weighted by atomic mass is 16.3. The number of hydrogen-bond acceptors (Lipinski definition) is 4. The van der Waals surface area contributed by atoms with E-state index in [-0.39, 0.29) is 0 Å². The minimum Gasteiger partial charge on any atom is -0.441 e. The van der Waals surface area contributed by atoms with E-state index in [9.17, 15) is 4.79 Å². The molecule has 6 heteroatoms. The highest BCUT2D eigenvalue weighted by Crippen LogP contribution is 2.16. The minimum absolute atomic E-state index is 0.375. The van der Waals surface area contributed by atoms with Crippen molar-refractivity contribution in [3.8, 4) is 11.6 Å². The molecule has 0 saturated heterocycles. The molecule has 0 fully saturated rings. The summed E-state index contributed by atoms with van der Waals surface area (Å²) >= 11 is 0. The summed E-state index contributed by atoms with van der Waals surface area (Å²) in [5.74, 6) is 0.765. The molecule has 1 amide bonds. The molecule has 2 aromatic rings. The van der Waals surface area contributed by atoms with Crippen LogP contribution in [-0.2, 0) is 4.79 Å². The van der Waals surface area contributed by atoms with E-state index >= 15 is 0 Å². The Hall–Kier alpha value is -2.11. The predicted octanol–water partition coefficient (Wildman–Crippen LogP) is 0.633. The Morgan fingerprint density at radius 3 is 3.23 bits per heavy atom. The third-order valence-corrected chi connectivity index (χ3v) is 1.44. The Balaban J connectivity index is 2.28. The van der Waals surface area contributed by atoms with Crippen molar-refractivity contribution in [1.82, 2.24) is 15.2 Å². The number of hydrogen-bond donors (Lipinski definition) is 2. The Morgan fingerprint density at radius 1 is 1.62 bits per heavy atom. The number of aromatic amines is 1. The third kappa shape index (κ3) is 1.41. The van der Waals surface area contributed by atoms with Crippen LogP contribution < -0.4 is 5.32 Å². The van der Waals surface area contributed by atoms with Crippen molar-refractivity contribution in [3.05, 3.63) is 18.5 Å². The first-order valence-electron chi connectivity index (χ1n) is 3.55. The SMILES string of the molecule is O=CNc1coc(-c2ccn[nH]2)n1. The number of carbonyl (C=O) groups excluding carboxylic acids is 1. The largest absolute Gasteiger partial charge is 0.441 e. The number of anilines is 1. The van der Waals surface area contributed by atoms with Crippen molar-refractivity contribution in [2.24, 2.45) is 0 Å². The van der Waals surface area contributed by atoms with Crippen LogP contribution in [0.2, 0.25) is 0 Å². The van der Waals surface area contributed by atoms with Gasteiger partial charge in [-0.25, -0.2) is 0 Å². The first-order chi connectivity index (χ1) is 6.40. The number of rotatable bonds is 3. The van der Waals surface area contributed by atoms with Crippen LogP contribution in [0.5, 0.6) is 0 Å². The molecule has 2 heterocycles. The Bertz CT molecular complexity index is 392.